The van der Waals surface area contributed by atoms with Gasteiger partial charge in [-0.15, -0.1) is 0 Å². The predicted octanol–water partition coefficient (Wildman–Crippen LogP) is 4.12. The molecule has 0 spiro atoms. The Balaban J connectivity index is 1.31. The maximum absolute atomic E-state index is 12.9. The number of amides is 1. The Hall–Kier alpha value is -3.94. The molecular weight excluding hydrogens is 397 g/mol. The number of carbonyl (C=O) groups excluding carboxylic acids is 1. The number of rotatable bonds is 8. The molecular formula is C23H22FN5O2. The number of nitrogens with zero attached hydrogens (tertiary/aromatic N) is 4. The van der Waals surface area contributed by atoms with Gasteiger partial charge in [-0.05, 0) is 48.9 Å². The zero-order valence-electron chi connectivity index (χ0n) is 17.0. The normalized spacial score (nSPS) is 10.8. The van der Waals surface area contributed by atoms with Crippen molar-refractivity contribution in [3.8, 4) is 5.75 Å². The van der Waals surface area contributed by atoms with Crippen molar-refractivity contribution in [3.05, 3.63) is 95.8 Å². The summed E-state index contributed by atoms with van der Waals surface area (Å²) in [6.45, 7) is 3.76. The van der Waals surface area contributed by atoms with Crippen molar-refractivity contribution in [2.45, 2.75) is 26.6 Å². The summed E-state index contributed by atoms with van der Waals surface area (Å²) in [4.78, 5) is 12.5. The molecule has 4 aromatic rings. The summed E-state index contributed by atoms with van der Waals surface area (Å²) >= 11 is 0. The average molecular weight is 419 g/mol. The quantitative estimate of drug-likeness (QED) is 0.466. The number of carbonyl (C=O) groups is 1. The topological polar surface area (TPSA) is 74.0 Å². The third kappa shape index (κ3) is 5.36. The third-order valence-corrected chi connectivity index (χ3v) is 4.68. The molecule has 1 amide bonds. The van der Waals surface area contributed by atoms with E-state index in [1.54, 1.807) is 41.3 Å². The van der Waals surface area contributed by atoms with Crippen LogP contribution in [0.1, 0.15) is 28.4 Å². The number of aryl methyl sites for hydroxylation is 1. The van der Waals surface area contributed by atoms with Crippen LogP contribution >= 0.6 is 0 Å². The molecule has 158 valence electrons. The minimum Gasteiger partial charge on any atom is -0.489 e. The zero-order valence-corrected chi connectivity index (χ0v) is 17.0. The van der Waals surface area contributed by atoms with Gasteiger partial charge >= 0.3 is 0 Å². The predicted molar refractivity (Wildman–Crippen MR) is 114 cm³/mol. The summed E-state index contributed by atoms with van der Waals surface area (Å²) in [7, 11) is 0. The van der Waals surface area contributed by atoms with Crippen molar-refractivity contribution >= 4 is 11.6 Å². The SMILES string of the molecule is CCn1cc(Cn2cc(NC(=O)c3ccc(COc4ccc(F)cc4)cc3)cn2)cn1. The molecule has 0 saturated heterocycles. The van der Waals surface area contributed by atoms with Crippen LogP contribution in [0.3, 0.4) is 0 Å². The van der Waals surface area contributed by atoms with Crippen LogP contribution in [0.5, 0.6) is 5.75 Å². The monoisotopic (exact) mass is 419 g/mol. The first-order valence-electron chi connectivity index (χ1n) is 9.91. The van der Waals surface area contributed by atoms with E-state index in [9.17, 15) is 9.18 Å². The van der Waals surface area contributed by atoms with Crippen LogP contribution in [0, 0.1) is 5.82 Å². The van der Waals surface area contributed by atoms with Crippen molar-refractivity contribution in [2.75, 3.05) is 5.32 Å². The fraction of sp³-hybridized carbons (Fsp3) is 0.174. The van der Waals surface area contributed by atoms with E-state index in [0.717, 1.165) is 17.7 Å². The number of halogens is 1. The van der Waals surface area contributed by atoms with Gasteiger partial charge in [-0.2, -0.15) is 10.2 Å². The highest BCUT2D eigenvalue weighted by molar-refractivity contribution is 6.04. The van der Waals surface area contributed by atoms with Crippen molar-refractivity contribution in [3.63, 3.8) is 0 Å². The van der Waals surface area contributed by atoms with Crippen molar-refractivity contribution in [1.82, 2.24) is 19.6 Å². The summed E-state index contributed by atoms with van der Waals surface area (Å²) < 4.78 is 22.2. The molecule has 2 heterocycles. The highest BCUT2D eigenvalue weighted by Crippen LogP contribution is 2.15. The van der Waals surface area contributed by atoms with E-state index < -0.39 is 0 Å². The van der Waals surface area contributed by atoms with Gasteiger partial charge in [-0.25, -0.2) is 4.39 Å². The van der Waals surface area contributed by atoms with Crippen LogP contribution in [0.2, 0.25) is 0 Å². The molecule has 1 N–H and O–H groups in total. The highest BCUT2D eigenvalue weighted by Gasteiger charge is 2.09. The van der Waals surface area contributed by atoms with Gasteiger partial charge in [0.2, 0.25) is 0 Å². The van der Waals surface area contributed by atoms with E-state index in [-0.39, 0.29) is 11.7 Å². The minimum atomic E-state index is -0.305. The third-order valence-electron chi connectivity index (χ3n) is 4.68. The Morgan fingerprint density at radius 1 is 0.968 bits per heavy atom. The second-order valence-corrected chi connectivity index (χ2v) is 7.02. The molecule has 7 nitrogen and oxygen atoms in total. The number of benzene rings is 2. The van der Waals surface area contributed by atoms with Crippen LogP contribution in [0.4, 0.5) is 10.1 Å². The lowest BCUT2D eigenvalue weighted by Crippen LogP contribution is -2.11. The minimum absolute atomic E-state index is 0.218. The summed E-state index contributed by atoms with van der Waals surface area (Å²) in [5.74, 6) is 0.0625. The molecule has 8 heteroatoms. The Kier molecular flexibility index (Phi) is 6.07. The molecule has 0 aliphatic heterocycles. The second-order valence-electron chi connectivity index (χ2n) is 7.02. The molecule has 0 radical (unpaired) electrons. The molecule has 0 saturated carbocycles. The van der Waals surface area contributed by atoms with Gasteiger partial charge in [0, 0.05) is 30.1 Å². The van der Waals surface area contributed by atoms with E-state index in [1.807, 2.05) is 36.1 Å². The Labute approximate surface area is 179 Å². The highest BCUT2D eigenvalue weighted by atomic mass is 19.1. The zero-order chi connectivity index (χ0) is 21.6. The second kappa shape index (κ2) is 9.25. The van der Waals surface area contributed by atoms with Gasteiger partial charge < -0.3 is 10.1 Å². The maximum atomic E-state index is 12.9. The Bertz CT molecular complexity index is 1150. The van der Waals surface area contributed by atoms with Gasteiger partial charge in [0.25, 0.3) is 5.91 Å². The van der Waals surface area contributed by atoms with Crippen molar-refractivity contribution in [2.24, 2.45) is 0 Å². The van der Waals surface area contributed by atoms with Gasteiger partial charge in [-0.1, -0.05) is 12.1 Å². The number of anilines is 1. The molecule has 0 fully saturated rings. The molecule has 2 aromatic heterocycles. The van der Waals surface area contributed by atoms with Crippen LogP contribution in [0.15, 0.2) is 73.3 Å². The smallest absolute Gasteiger partial charge is 0.255 e. The number of ether oxygens (including phenoxy) is 1. The summed E-state index contributed by atoms with van der Waals surface area (Å²) in [6.07, 6.45) is 7.19. The van der Waals surface area contributed by atoms with Crippen molar-refractivity contribution < 1.29 is 13.9 Å². The standard InChI is InChI=1S/C23H22FN5O2/c1-2-28-13-18(11-25-28)14-29-15-21(12-26-29)27-23(30)19-5-3-17(4-6-19)16-31-22-9-7-20(24)8-10-22/h3-13,15H,2,14,16H2,1H3,(H,27,30). The summed E-state index contributed by atoms with van der Waals surface area (Å²) in [6, 6.07) is 13.0. The Morgan fingerprint density at radius 3 is 2.42 bits per heavy atom. The lowest BCUT2D eigenvalue weighted by Gasteiger charge is -2.07. The first kappa shape index (κ1) is 20.3. The largest absolute Gasteiger partial charge is 0.489 e. The molecule has 0 bridgehead atoms. The summed E-state index contributed by atoms with van der Waals surface area (Å²) in [5, 5.41) is 11.4. The molecule has 0 unspecified atom stereocenters. The van der Waals surface area contributed by atoms with Gasteiger partial charge in [0.1, 0.15) is 18.2 Å². The van der Waals surface area contributed by atoms with E-state index in [4.69, 9.17) is 4.74 Å². The van der Waals surface area contributed by atoms with Crippen LogP contribution in [-0.2, 0) is 19.7 Å². The van der Waals surface area contributed by atoms with Crippen LogP contribution in [-0.4, -0.2) is 25.5 Å². The van der Waals surface area contributed by atoms with Gasteiger partial charge in [0.15, 0.2) is 0 Å². The fourth-order valence-electron chi connectivity index (χ4n) is 3.02. The molecule has 2 aromatic carbocycles. The lowest BCUT2D eigenvalue weighted by molar-refractivity contribution is 0.102. The molecule has 0 aliphatic rings. The Morgan fingerprint density at radius 2 is 1.71 bits per heavy atom. The van der Waals surface area contributed by atoms with Gasteiger partial charge in [-0.3, -0.25) is 14.2 Å². The number of nitrogens with one attached hydrogen (secondary N) is 1. The number of aromatic nitrogens is 4. The lowest BCUT2D eigenvalue weighted by atomic mass is 10.1. The first-order chi connectivity index (χ1) is 15.1. The summed E-state index contributed by atoms with van der Waals surface area (Å²) in [5.41, 5.74) is 3.10. The molecule has 31 heavy (non-hydrogen) atoms. The molecule has 4 rings (SSSR count). The van der Waals surface area contributed by atoms with E-state index in [1.165, 1.54) is 12.1 Å². The number of hydrogen-bond acceptors (Lipinski definition) is 4. The van der Waals surface area contributed by atoms with Crippen LogP contribution in [0.25, 0.3) is 0 Å². The number of hydrogen-bond donors (Lipinski definition) is 1. The maximum Gasteiger partial charge on any atom is 0.255 e. The molecule has 0 aliphatic carbocycles. The van der Waals surface area contributed by atoms with E-state index in [2.05, 4.69) is 15.5 Å². The van der Waals surface area contributed by atoms with Crippen molar-refractivity contribution in [1.29, 1.82) is 0 Å². The fourth-order valence-corrected chi connectivity index (χ4v) is 3.02. The van der Waals surface area contributed by atoms with Crippen LogP contribution < -0.4 is 10.1 Å². The average Bonchev–Trinajstić information content (AvgIpc) is 3.43. The first-order valence-corrected chi connectivity index (χ1v) is 9.91. The molecule has 0 atom stereocenters. The van der Waals surface area contributed by atoms with E-state index in [0.29, 0.717) is 30.2 Å². The van der Waals surface area contributed by atoms with E-state index >= 15 is 0 Å². The van der Waals surface area contributed by atoms with Gasteiger partial charge in [0.05, 0.1) is 24.6 Å².